The number of carbonyl (C=O) groups is 1. The summed E-state index contributed by atoms with van der Waals surface area (Å²) in [4.78, 5) is 31.8. The van der Waals surface area contributed by atoms with Crippen molar-refractivity contribution in [2.45, 2.75) is 32.7 Å². The minimum absolute atomic E-state index is 0.0967. The molecule has 24 heavy (non-hydrogen) atoms. The van der Waals surface area contributed by atoms with Gasteiger partial charge in [-0.15, -0.1) is 0 Å². The van der Waals surface area contributed by atoms with Gasteiger partial charge in [0.15, 0.2) is 5.82 Å². The van der Waals surface area contributed by atoms with Crippen molar-refractivity contribution in [1.29, 1.82) is 0 Å². The summed E-state index contributed by atoms with van der Waals surface area (Å²) >= 11 is 0. The van der Waals surface area contributed by atoms with Gasteiger partial charge in [-0.05, 0) is 44.2 Å². The molecule has 1 N–H and O–H groups in total. The SMILES string of the molecule is Cc1ccnc([C@H](NC(=O)c2cc([N+](=O)[O-])ccc2C)C2CC2)n1. The van der Waals surface area contributed by atoms with E-state index in [1.165, 1.54) is 12.1 Å². The normalized spacial score (nSPS) is 14.9. The van der Waals surface area contributed by atoms with Crippen LogP contribution in [-0.2, 0) is 0 Å². The molecule has 1 saturated carbocycles. The van der Waals surface area contributed by atoms with Crippen LogP contribution in [-0.4, -0.2) is 20.8 Å². The molecule has 0 spiro atoms. The molecule has 1 aliphatic rings. The van der Waals surface area contributed by atoms with Crippen molar-refractivity contribution in [3.8, 4) is 0 Å². The summed E-state index contributed by atoms with van der Waals surface area (Å²) in [6.07, 6.45) is 3.70. The van der Waals surface area contributed by atoms with Gasteiger partial charge in [0.2, 0.25) is 0 Å². The molecule has 1 aliphatic carbocycles. The highest BCUT2D eigenvalue weighted by Gasteiger charge is 2.35. The van der Waals surface area contributed by atoms with Crippen LogP contribution < -0.4 is 5.32 Å². The molecule has 1 fully saturated rings. The largest absolute Gasteiger partial charge is 0.342 e. The lowest BCUT2D eigenvalue weighted by Crippen LogP contribution is -2.31. The molecule has 1 aromatic carbocycles. The van der Waals surface area contributed by atoms with Gasteiger partial charge < -0.3 is 5.32 Å². The number of nitro benzene ring substituents is 1. The minimum Gasteiger partial charge on any atom is -0.342 e. The highest BCUT2D eigenvalue weighted by Crippen LogP contribution is 2.40. The Labute approximate surface area is 139 Å². The number of rotatable bonds is 5. The number of hydrogen-bond donors (Lipinski definition) is 1. The molecule has 1 heterocycles. The maximum Gasteiger partial charge on any atom is 0.270 e. The van der Waals surface area contributed by atoms with Crippen molar-refractivity contribution in [1.82, 2.24) is 15.3 Å². The molecule has 0 radical (unpaired) electrons. The number of benzene rings is 1. The summed E-state index contributed by atoms with van der Waals surface area (Å²) in [7, 11) is 0. The number of nitro groups is 1. The summed E-state index contributed by atoms with van der Waals surface area (Å²) < 4.78 is 0. The van der Waals surface area contributed by atoms with Crippen molar-refractivity contribution < 1.29 is 9.72 Å². The van der Waals surface area contributed by atoms with E-state index < -0.39 is 4.92 Å². The number of carbonyl (C=O) groups excluding carboxylic acids is 1. The number of amides is 1. The van der Waals surface area contributed by atoms with Gasteiger partial charge in [-0.25, -0.2) is 9.97 Å². The number of hydrogen-bond acceptors (Lipinski definition) is 5. The van der Waals surface area contributed by atoms with Crippen LogP contribution in [0.4, 0.5) is 5.69 Å². The zero-order valence-electron chi connectivity index (χ0n) is 13.5. The number of aromatic nitrogens is 2. The third-order valence-electron chi connectivity index (χ3n) is 4.15. The van der Waals surface area contributed by atoms with E-state index in [1.54, 1.807) is 25.3 Å². The average molecular weight is 326 g/mol. The quantitative estimate of drug-likeness (QED) is 0.673. The fourth-order valence-electron chi connectivity index (χ4n) is 2.63. The van der Waals surface area contributed by atoms with Crippen LogP contribution in [0.25, 0.3) is 0 Å². The molecule has 1 atom stereocenters. The van der Waals surface area contributed by atoms with Gasteiger partial charge in [0.25, 0.3) is 11.6 Å². The van der Waals surface area contributed by atoms with Crippen molar-refractivity contribution in [2.24, 2.45) is 5.92 Å². The maximum atomic E-state index is 12.7. The third kappa shape index (κ3) is 3.40. The Kier molecular flexibility index (Phi) is 4.24. The monoisotopic (exact) mass is 326 g/mol. The lowest BCUT2D eigenvalue weighted by atomic mass is 10.1. The first-order chi connectivity index (χ1) is 11.5. The maximum absolute atomic E-state index is 12.7. The molecule has 0 aliphatic heterocycles. The van der Waals surface area contributed by atoms with Crippen LogP contribution in [0, 0.1) is 29.9 Å². The molecule has 0 saturated heterocycles. The lowest BCUT2D eigenvalue weighted by molar-refractivity contribution is -0.384. The smallest absolute Gasteiger partial charge is 0.270 e. The molecule has 7 heteroatoms. The van der Waals surface area contributed by atoms with Gasteiger partial charge in [-0.3, -0.25) is 14.9 Å². The first kappa shape index (κ1) is 16.0. The highest BCUT2D eigenvalue weighted by molar-refractivity contribution is 5.96. The van der Waals surface area contributed by atoms with Crippen LogP contribution in [0.1, 0.15) is 46.3 Å². The van der Waals surface area contributed by atoms with Gasteiger partial charge >= 0.3 is 0 Å². The molecule has 3 rings (SSSR count). The van der Waals surface area contributed by atoms with E-state index >= 15 is 0 Å². The van der Waals surface area contributed by atoms with E-state index in [1.807, 2.05) is 6.92 Å². The standard InChI is InChI=1S/C17H18N4O3/c1-10-3-6-13(21(23)24)9-14(10)17(22)20-15(12-4-5-12)16-18-8-7-11(2)19-16/h3,6-9,12,15H,4-5H2,1-2H3,(H,20,22)/t15-/m1/s1. The van der Waals surface area contributed by atoms with E-state index in [-0.39, 0.29) is 17.6 Å². The van der Waals surface area contributed by atoms with Gasteiger partial charge in [0.05, 0.1) is 11.0 Å². The van der Waals surface area contributed by atoms with Crippen LogP contribution in [0.15, 0.2) is 30.5 Å². The molecule has 1 amide bonds. The van der Waals surface area contributed by atoms with Gasteiger partial charge in [0, 0.05) is 29.6 Å². The highest BCUT2D eigenvalue weighted by atomic mass is 16.6. The Hall–Kier alpha value is -2.83. The van der Waals surface area contributed by atoms with Gasteiger partial charge in [-0.2, -0.15) is 0 Å². The van der Waals surface area contributed by atoms with E-state index in [0.29, 0.717) is 22.9 Å². The second-order valence-corrected chi connectivity index (χ2v) is 6.10. The summed E-state index contributed by atoms with van der Waals surface area (Å²) in [5, 5.41) is 13.9. The Balaban J connectivity index is 1.87. The molecule has 124 valence electrons. The lowest BCUT2D eigenvalue weighted by Gasteiger charge is -2.18. The Morgan fingerprint density at radius 1 is 1.33 bits per heavy atom. The fraction of sp³-hybridized carbons (Fsp3) is 0.353. The van der Waals surface area contributed by atoms with Gasteiger partial charge in [0.1, 0.15) is 0 Å². The Bertz CT molecular complexity index is 802. The summed E-state index contributed by atoms with van der Waals surface area (Å²) in [6.45, 7) is 3.63. The van der Waals surface area contributed by atoms with Crippen LogP contribution in [0.2, 0.25) is 0 Å². The second kappa shape index (κ2) is 6.35. The van der Waals surface area contributed by atoms with Crippen LogP contribution in [0.5, 0.6) is 0 Å². The van der Waals surface area contributed by atoms with Crippen molar-refractivity contribution in [3.63, 3.8) is 0 Å². The summed E-state index contributed by atoms with van der Waals surface area (Å²) in [6, 6.07) is 5.83. The molecule has 0 bridgehead atoms. The second-order valence-electron chi connectivity index (χ2n) is 6.10. The Morgan fingerprint density at radius 2 is 2.08 bits per heavy atom. The average Bonchev–Trinajstić information content (AvgIpc) is 3.37. The molecule has 2 aromatic rings. The predicted molar refractivity (Wildman–Crippen MR) is 87.5 cm³/mol. The van der Waals surface area contributed by atoms with E-state index in [4.69, 9.17) is 0 Å². The summed E-state index contributed by atoms with van der Waals surface area (Å²) in [5.74, 6) is 0.571. The van der Waals surface area contributed by atoms with Crippen molar-refractivity contribution >= 4 is 11.6 Å². The molecular formula is C17H18N4O3. The fourth-order valence-corrected chi connectivity index (χ4v) is 2.63. The van der Waals surface area contributed by atoms with Crippen molar-refractivity contribution in [3.05, 3.63) is 63.2 Å². The number of nitrogens with one attached hydrogen (secondary N) is 1. The minimum atomic E-state index is -0.502. The summed E-state index contributed by atoms with van der Waals surface area (Å²) in [5.41, 5.74) is 1.74. The Morgan fingerprint density at radius 3 is 2.71 bits per heavy atom. The van der Waals surface area contributed by atoms with Crippen molar-refractivity contribution in [2.75, 3.05) is 0 Å². The number of non-ortho nitro benzene ring substituents is 1. The third-order valence-corrected chi connectivity index (χ3v) is 4.15. The van der Waals surface area contributed by atoms with Crippen LogP contribution >= 0.6 is 0 Å². The van der Waals surface area contributed by atoms with E-state index in [9.17, 15) is 14.9 Å². The molecule has 1 aromatic heterocycles. The topological polar surface area (TPSA) is 98.0 Å². The van der Waals surface area contributed by atoms with E-state index in [2.05, 4.69) is 15.3 Å². The zero-order valence-corrected chi connectivity index (χ0v) is 13.5. The number of aryl methyl sites for hydroxylation is 2. The van der Waals surface area contributed by atoms with E-state index in [0.717, 1.165) is 18.5 Å². The van der Waals surface area contributed by atoms with Gasteiger partial charge in [-0.1, -0.05) is 6.07 Å². The predicted octanol–water partition coefficient (Wildman–Crippen LogP) is 2.88. The number of nitrogens with zero attached hydrogens (tertiary/aromatic N) is 3. The van der Waals surface area contributed by atoms with Crippen LogP contribution in [0.3, 0.4) is 0 Å². The molecule has 0 unspecified atom stereocenters. The molecule has 7 nitrogen and oxygen atoms in total. The first-order valence-corrected chi connectivity index (χ1v) is 7.81. The molecular weight excluding hydrogens is 308 g/mol. The first-order valence-electron chi connectivity index (χ1n) is 7.81. The zero-order chi connectivity index (χ0) is 17.3.